The van der Waals surface area contributed by atoms with Crippen molar-refractivity contribution >= 4 is 23.2 Å². The minimum Gasteiger partial charge on any atom is -0.420 e. The molecule has 0 saturated heterocycles. The zero-order valence-electron chi connectivity index (χ0n) is 14.9. The summed E-state index contributed by atoms with van der Waals surface area (Å²) < 4.78 is 45.3. The van der Waals surface area contributed by atoms with Crippen LogP contribution < -0.4 is 10.5 Å². The van der Waals surface area contributed by atoms with E-state index in [1.165, 1.54) is 12.1 Å². The van der Waals surface area contributed by atoms with Crippen molar-refractivity contribution in [1.29, 1.82) is 5.26 Å². The number of hydrogen-bond donors (Lipinski definition) is 2. The highest BCUT2D eigenvalue weighted by atomic mass is 35.5. The molecule has 1 aliphatic heterocycles. The number of nitriles is 1. The standard InChI is InChI=1S/C20H11Cl2F3N4O/c21-13-5-4-10(7-14(13)22)17-16-15(9-2-1-3-11(6-9)20(23,24)25)12(8-26)18(27)30-19(16)29-28-17/h1-7,15H,27H2,(H,28,29)/t15-/m1/s1. The fourth-order valence-electron chi connectivity index (χ4n) is 3.34. The van der Waals surface area contributed by atoms with Crippen LogP contribution in [0.4, 0.5) is 13.2 Å². The Balaban J connectivity index is 1.95. The Morgan fingerprint density at radius 2 is 1.90 bits per heavy atom. The van der Waals surface area contributed by atoms with Gasteiger partial charge in [-0.25, -0.2) is 0 Å². The molecular formula is C20H11Cl2F3N4O. The van der Waals surface area contributed by atoms with E-state index >= 15 is 0 Å². The number of benzene rings is 2. The minimum atomic E-state index is -4.55. The van der Waals surface area contributed by atoms with Crippen LogP contribution in [0.15, 0.2) is 53.9 Å². The number of halogens is 5. The second-order valence-electron chi connectivity index (χ2n) is 6.49. The van der Waals surface area contributed by atoms with E-state index in [1.807, 2.05) is 6.07 Å². The van der Waals surface area contributed by atoms with Gasteiger partial charge in [-0.2, -0.15) is 18.4 Å². The number of nitrogens with two attached hydrogens (primary N) is 1. The summed E-state index contributed by atoms with van der Waals surface area (Å²) in [6, 6.07) is 11.5. The molecule has 152 valence electrons. The summed E-state index contributed by atoms with van der Waals surface area (Å²) in [4.78, 5) is 0. The van der Waals surface area contributed by atoms with Gasteiger partial charge < -0.3 is 10.5 Å². The van der Waals surface area contributed by atoms with Gasteiger partial charge in [0.1, 0.15) is 11.6 Å². The van der Waals surface area contributed by atoms with Gasteiger partial charge in [-0.05, 0) is 23.8 Å². The number of ether oxygens (including phenoxy) is 1. The zero-order chi connectivity index (χ0) is 21.6. The molecule has 0 unspecified atom stereocenters. The Morgan fingerprint density at radius 3 is 2.57 bits per heavy atom. The van der Waals surface area contributed by atoms with Crippen molar-refractivity contribution in [3.05, 3.63) is 80.7 Å². The highest BCUT2D eigenvalue weighted by Gasteiger charge is 2.37. The summed E-state index contributed by atoms with van der Waals surface area (Å²) in [5.74, 6) is -1.08. The van der Waals surface area contributed by atoms with E-state index < -0.39 is 17.7 Å². The third-order valence-corrected chi connectivity index (χ3v) is 5.43. The first kappa shape index (κ1) is 20.1. The quantitative estimate of drug-likeness (QED) is 0.530. The summed E-state index contributed by atoms with van der Waals surface area (Å²) in [6.07, 6.45) is -4.55. The largest absolute Gasteiger partial charge is 0.420 e. The number of alkyl halides is 3. The molecule has 0 radical (unpaired) electrons. The third-order valence-electron chi connectivity index (χ3n) is 4.69. The van der Waals surface area contributed by atoms with Crippen LogP contribution in [-0.2, 0) is 6.18 Å². The average molecular weight is 451 g/mol. The SMILES string of the molecule is N#CC1=C(N)Oc2n[nH]c(-c3ccc(Cl)c(Cl)c3)c2[C@@H]1c1cccc(C(F)(F)F)c1. The van der Waals surface area contributed by atoms with Crippen molar-refractivity contribution in [3.8, 4) is 23.2 Å². The van der Waals surface area contributed by atoms with E-state index in [-0.39, 0.29) is 27.9 Å². The van der Waals surface area contributed by atoms with Crippen molar-refractivity contribution < 1.29 is 17.9 Å². The van der Waals surface area contributed by atoms with E-state index in [2.05, 4.69) is 10.2 Å². The molecule has 5 nitrogen and oxygen atoms in total. The molecule has 0 aliphatic carbocycles. The normalized spacial score (nSPS) is 16.1. The molecule has 2 aromatic carbocycles. The topological polar surface area (TPSA) is 87.7 Å². The van der Waals surface area contributed by atoms with Crippen LogP contribution in [0.3, 0.4) is 0 Å². The van der Waals surface area contributed by atoms with Gasteiger partial charge in [-0.3, -0.25) is 5.10 Å². The lowest BCUT2D eigenvalue weighted by Gasteiger charge is -2.24. The molecule has 30 heavy (non-hydrogen) atoms. The molecule has 2 heterocycles. The molecule has 1 atom stereocenters. The number of nitrogens with zero attached hydrogens (tertiary/aromatic N) is 2. The summed E-state index contributed by atoms with van der Waals surface area (Å²) >= 11 is 12.1. The lowest BCUT2D eigenvalue weighted by Crippen LogP contribution is -2.21. The number of rotatable bonds is 2. The van der Waals surface area contributed by atoms with Gasteiger partial charge in [0.25, 0.3) is 0 Å². The Bertz CT molecular complexity index is 1230. The maximum Gasteiger partial charge on any atom is 0.416 e. The second kappa shape index (κ2) is 7.27. The number of aromatic nitrogens is 2. The molecule has 10 heteroatoms. The molecule has 1 aliphatic rings. The number of hydrogen-bond acceptors (Lipinski definition) is 4. The smallest absolute Gasteiger partial charge is 0.416 e. The van der Waals surface area contributed by atoms with Crippen LogP contribution in [0, 0.1) is 11.3 Å². The molecule has 0 fully saturated rings. The number of H-pyrrole nitrogens is 1. The van der Waals surface area contributed by atoms with Crippen molar-refractivity contribution in [3.63, 3.8) is 0 Å². The monoisotopic (exact) mass is 450 g/mol. The van der Waals surface area contributed by atoms with E-state index in [1.54, 1.807) is 18.2 Å². The Kier molecular flexibility index (Phi) is 4.88. The molecule has 3 aromatic rings. The fraction of sp³-hybridized carbons (Fsp3) is 0.100. The van der Waals surface area contributed by atoms with E-state index in [0.717, 1.165) is 12.1 Å². The molecule has 0 spiro atoms. The molecule has 4 rings (SSSR count). The van der Waals surface area contributed by atoms with Crippen molar-refractivity contribution in [2.45, 2.75) is 12.1 Å². The minimum absolute atomic E-state index is 0.0236. The van der Waals surface area contributed by atoms with Crippen LogP contribution in [0.2, 0.25) is 10.0 Å². The lowest BCUT2D eigenvalue weighted by atomic mass is 9.82. The van der Waals surface area contributed by atoms with Gasteiger partial charge in [0.2, 0.25) is 11.8 Å². The molecule has 1 aromatic heterocycles. The summed E-state index contributed by atoms with van der Waals surface area (Å²) in [5.41, 5.74) is 6.58. The number of fused-ring (bicyclic) bond motifs is 1. The highest BCUT2D eigenvalue weighted by Crippen LogP contribution is 2.46. The van der Waals surface area contributed by atoms with Gasteiger partial charge in [-0.15, -0.1) is 5.10 Å². The van der Waals surface area contributed by atoms with Gasteiger partial charge in [0.15, 0.2) is 0 Å². The molecule has 0 bridgehead atoms. The Morgan fingerprint density at radius 1 is 1.13 bits per heavy atom. The predicted molar refractivity (Wildman–Crippen MR) is 105 cm³/mol. The lowest BCUT2D eigenvalue weighted by molar-refractivity contribution is -0.137. The second-order valence-corrected chi connectivity index (χ2v) is 7.31. The summed E-state index contributed by atoms with van der Waals surface area (Å²) in [5, 5.41) is 17.2. The van der Waals surface area contributed by atoms with Gasteiger partial charge >= 0.3 is 6.18 Å². The van der Waals surface area contributed by atoms with Gasteiger partial charge in [-0.1, -0.05) is 47.5 Å². The molecular weight excluding hydrogens is 440 g/mol. The van der Waals surface area contributed by atoms with E-state index in [9.17, 15) is 18.4 Å². The molecule has 3 N–H and O–H groups in total. The third kappa shape index (κ3) is 3.36. The van der Waals surface area contributed by atoms with Crippen LogP contribution in [-0.4, -0.2) is 10.2 Å². The van der Waals surface area contributed by atoms with Crippen molar-refractivity contribution in [2.24, 2.45) is 5.73 Å². The first-order valence-electron chi connectivity index (χ1n) is 8.49. The van der Waals surface area contributed by atoms with Gasteiger partial charge in [0, 0.05) is 5.56 Å². The van der Waals surface area contributed by atoms with Crippen LogP contribution in [0.1, 0.15) is 22.6 Å². The maximum absolute atomic E-state index is 13.3. The van der Waals surface area contributed by atoms with E-state index in [4.69, 9.17) is 33.7 Å². The first-order chi connectivity index (χ1) is 14.2. The molecule has 0 amide bonds. The number of aromatic amines is 1. The predicted octanol–water partition coefficient (Wildman–Crippen LogP) is 5.62. The number of nitrogens with one attached hydrogen (secondary N) is 1. The summed E-state index contributed by atoms with van der Waals surface area (Å²) in [7, 11) is 0. The van der Waals surface area contributed by atoms with Crippen molar-refractivity contribution in [1.82, 2.24) is 10.2 Å². The van der Waals surface area contributed by atoms with Gasteiger partial charge in [0.05, 0.1) is 32.8 Å². The van der Waals surface area contributed by atoms with Crippen LogP contribution in [0.5, 0.6) is 5.88 Å². The van der Waals surface area contributed by atoms with Crippen molar-refractivity contribution in [2.75, 3.05) is 0 Å². The average Bonchev–Trinajstić information content (AvgIpc) is 3.11. The Labute approximate surface area is 178 Å². The summed E-state index contributed by atoms with van der Waals surface area (Å²) in [6.45, 7) is 0. The fourth-order valence-corrected chi connectivity index (χ4v) is 3.64. The highest BCUT2D eigenvalue weighted by molar-refractivity contribution is 6.42. The van der Waals surface area contributed by atoms with Crippen LogP contribution >= 0.6 is 23.2 Å². The zero-order valence-corrected chi connectivity index (χ0v) is 16.4. The first-order valence-corrected chi connectivity index (χ1v) is 9.24. The van der Waals surface area contributed by atoms with Crippen LogP contribution in [0.25, 0.3) is 11.3 Å². The van der Waals surface area contributed by atoms with E-state index in [0.29, 0.717) is 21.8 Å². The molecule has 0 saturated carbocycles. The number of allylic oxidation sites excluding steroid dienone is 1. The Hall–Kier alpha value is -3.15. The maximum atomic E-state index is 13.3.